The van der Waals surface area contributed by atoms with Crippen LogP contribution in [0.4, 0.5) is 0 Å². The Kier molecular flexibility index (Phi) is 8.12. The summed E-state index contributed by atoms with van der Waals surface area (Å²) in [6.45, 7) is 2.01. The van der Waals surface area contributed by atoms with Crippen LogP contribution < -0.4 is 14.8 Å². The molecule has 1 aliphatic rings. The number of aryl methyl sites for hydroxylation is 2. The molecule has 156 valence electrons. The van der Waals surface area contributed by atoms with E-state index in [9.17, 15) is 4.79 Å². The van der Waals surface area contributed by atoms with Crippen molar-refractivity contribution >= 4 is 5.78 Å². The van der Waals surface area contributed by atoms with Crippen molar-refractivity contribution in [2.45, 2.75) is 44.9 Å². The SMILES string of the molecule is COc1cc2c(cc1OC)CC(=O)C(CCCNCCCc1ccccc1)CC2. The number of methoxy groups -OCH3 is 2. The molecule has 0 heterocycles. The van der Waals surface area contributed by atoms with E-state index in [1.807, 2.05) is 12.1 Å². The van der Waals surface area contributed by atoms with Gasteiger partial charge in [0.15, 0.2) is 11.5 Å². The van der Waals surface area contributed by atoms with Crippen LogP contribution in [0.25, 0.3) is 0 Å². The first kappa shape index (κ1) is 21.4. The molecule has 0 aromatic heterocycles. The van der Waals surface area contributed by atoms with E-state index in [1.165, 1.54) is 11.1 Å². The fourth-order valence-electron chi connectivity index (χ4n) is 4.15. The van der Waals surface area contributed by atoms with Crippen molar-refractivity contribution < 1.29 is 14.3 Å². The summed E-state index contributed by atoms with van der Waals surface area (Å²) in [5.41, 5.74) is 3.71. The number of carbonyl (C=O) groups excluding carboxylic acids is 1. The van der Waals surface area contributed by atoms with E-state index in [0.717, 1.165) is 62.9 Å². The minimum Gasteiger partial charge on any atom is -0.493 e. The zero-order valence-electron chi connectivity index (χ0n) is 17.7. The molecule has 2 aromatic carbocycles. The van der Waals surface area contributed by atoms with Gasteiger partial charge in [-0.3, -0.25) is 4.79 Å². The lowest BCUT2D eigenvalue weighted by Gasteiger charge is -2.13. The van der Waals surface area contributed by atoms with Crippen LogP contribution in [0.2, 0.25) is 0 Å². The van der Waals surface area contributed by atoms with Gasteiger partial charge >= 0.3 is 0 Å². The molecule has 0 spiro atoms. The predicted octanol–water partition coefficient (Wildman–Crippen LogP) is 4.38. The lowest BCUT2D eigenvalue weighted by Crippen LogP contribution is -2.20. The normalized spacial score (nSPS) is 16.2. The second-order valence-corrected chi connectivity index (χ2v) is 7.84. The fourth-order valence-corrected chi connectivity index (χ4v) is 4.15. The molecule has 0 bridgehead atoms. The molecule has 1 atom stereocenters. The number of rotatable bonds is 10. The van der Waals surface area contributed by atoms with Gasteiger partial charge in [-0.05, 0) is 80.4 Å². The number of carbonyl (C=O) groups is 1. The topological polar surface area (TPSA) is 47.6 Å². The molecule has 0 fully saturated rings. The fraction of sp³-hybridized carbons (Fsp3) is 0.480. The largest absolute Gasteiger partial charge is 0.493 e. The summed E-state index contributed by atoms with van der Waals surface area (Å²) in [5.74, 6) is 1.97. The van der Waals surface area contributed by atoms with E-state index < -0.39 is 0 Å². The van der Waals surface area contributed by atoms with Crippen LogP contribution in [0.15, 0.2) is 42.5 Å². The van der Waals surface area contributed by atoms with Gasteiger partial charge in [0.25, 0.3) is 0 Å². The van der Waals surface area contributed by atoms with Crippen molar-refractivity contribution in [1.82, 2.24) is 5.32 Å². The molecule has 3 rings (SSSR count). The van der Waals surface area contributed by atoms with Gasteiger partial charge < -0.3 is 14.8 Å². The van der Waals surface area contributed by atoms with Crippen molar-refractivity contribution in [3.63, 3.8) is 0 Å². The lowest BCUT2D eigenvalue weighted by molar-refractivity contribution is -0.122. The van der Waals surface area contributed by atoms with Gasteiger partial charge in [0.1, 0.15) is 5.78 Å². The number of ketones is 1. The first-order valence-corrected chi connectivity index (χ1v) is 10.7. The van der Waals surface area contributed by atoms with Gasteiger partial charge in [0.05, 0.1) is 14.2 Å². The summed E-state index contributed by atoms with van der Waals surface area (Å²) in [7, 11) is 3.29. The molecule has 0 amide bonds. The molecule has 29 heavy (non-hydrogen) atoms. The smallest absolute Gasteiger partial charge is 0.161 e. The summed E-state index contributed by atoms with van der Waals surface area (Å²) in [5, 5.41) is 3.53. The summed E-state index contributed by atoms with van der Waals surface area (Å²) in [4.78, 5) is 12.8. The molecule has 0 radical (unpaired) electrons. The summed E-state index contributed by atoms with van der Waals surface area (Å²) < 4.78 is 10.8. The molecule has 1 N–H and O–H groups in total. The van der Waals surface area contributed by atoms with E-state index in [2.05, 4.69) is 35.6 Å². The van der Waals surface area contributed by atoms with Gasteiger partial charge in [0, 0.05) is 12.3 Å². The maximum atomic E-state index is 12.8. The highest BCUT2D eigenvalue weighted by Crippen LogP contribution is 2.34. The van der Waals surface area contributed by atoms with Gasteiger partial charge in [-0.25, -0.2) is 0 Å². The summed E-state index contributed by atoms with van der Waals surface area (Å²) in [6.07, 6.45) is 6.62. The van der Waals surface area contributed by atoms with Gasteiger partial charge in [-0.2, -0.15) is 0 Å². The highest BCUT2D eigenvalue weighted by Gasteiger charge is 2.24. The standard InChI is InChI=1S/C25H33NO3/c1-28-24-17-21-13-12-20(23(27)16-22(21)18-25(24)29-2)11-7-15-26-14-6-10-19-8-4-3-5-9-19/h3-5,8-9,17-18,20,26H,6-7,10-16H2,1-2H3. The number of ether oxygens (including phenoxy) is 2. The van der Waals surface area contributed by atoms with Crippen LogP contribution in [0.3, 0.4) is 0 Å². The van der Waals surface area contributed by atoms with E-state index in [-0.39, 0.29) is 5.92 Å². The third-order valence-electron chi connectivity index (χ3n) is 5.86. The number of fused-ring (bicyclic) bond motifs is 1. The molecule has 1 aliphatic carbocycles. The predicted molar refractivity (Wildman–Crippen MR) is 117 cm³/mol. The molecule has 2 aromatic rings. The van der Waals surface area contributed by atoms with Crippen LogP contribution in [0.1, 0.15) is 42.4 Å². The first-order valence-electron chi connectivity index (χ1n) is 10.7. The summed E-state index contributed by atoms with van der Waals surface area (Å²) in [6, 6.07) is 14.6. The minimum absolute atomic E-state index is 0.158. The number of Topliss-reactive ketones (excluding diaryl/α,β-unsaturated/α-hetero) is 1. The molecular formula is C25H33NO3. The van der Waals surface area contributed by atoms with Crippen molar-refractivity contribution in [3.8, 4) is 11.5 Å². The van der Waals surface area contributed by atoms with Crippen molar-refractivity contribution in [1.29, 1.82) is 0 Å². The molecular weight excluding hydrogens is 362 g/mol. The van der Waals surface area contributed by atoms with Crippen molar-refractivity contribution in [2.24, 2.45) is 5.92 Å². The average molecular weight is 396 g/mol. The lowest BCUT2D eigenvalue weighted by atomic mass is 9.93. The Morgan fingerprint density at radius 2 is 1.66 bits per heavy atom. The molecule has 4 nitrogen and oxygen atoms in total. The first-order chi connectivity index (χ1) is 14.2. The van der Waals surface area contributed by atoms with Crippen LogP contribution >= 0.6 is 0 Å². The maximum Gasteiger partial charge on any atom is 0.161 e. The van der Waals surface area contributed by atoms with Crippen LogP contribution in [0.5, 0.6) is 11.5 Å². The molecule has 0 saturated heterocycles. The monoisotopic (exact) mass is 395 g/mol. The Morgan fingerprint density at radius 1 is 0.966 bits per heavy atom. The highest BCUT2D eigenvalue weighted by atomic mass is 16.5. The zero-order valence-corrected chi connectivity index (χ0v) is 17.7. The Hall–Kier alpha value is -2.33. The van der Waals surface area contributed by atoms with E-state index in [1.54, 1.807) is 14.2 Å². The van der Waals surface area contributed by atoms with Crippen LogP contribution in [-0.4, -0.2) is 33.1 Å². The van der Waals surface area contributed by atoms with E-state index >= 15 is 0 Å². The summed E-state index contributed by atoms with van der Waals surface area (Å²) >= 11 is 0. The highest BCUT2D eigenvalue weighted by molar-refractivity contribution is 5.84. The number of hydrogen-bond acceptors (Lipinski definition) is 4. The van der Waals surface area contributed by atoms with Gasteiger partial charge in [-0.15, -0.1) is 0 Å². The molecule has 0 aliphatic heterocycles. The van der Waals surface area contributed by atoms with Crippen molar-refractivity contribution in [2.75, 3.05) is 27.3 Å². The Labute approximate surface area is 174 Å². The Bertz CT molecular complexity index is 788. The van der Waals surface area contributed by atoms with E-state index in [0.29, 0.717) is 18.0 Å². The van der Waals surface area contributed by atoms with Gasteiger partial charge in [-0.1, -0.05) is 30.3 Å². The second-order valence-electron chi connectivity index (χ2n) is 7.84. The Balaban J connectivity index is 1.40. The molecule has 1 unspecified atom stereocenters. The molecule has 4 heteroatoms. The van der Waals surface area contributed by atoms with E-state index in [4.69, 9.17) is 9.47 Å². The van der Waals surface area contributed by atoms with Gasteiger partial charge in [0.2, 0.25) is 0 Å². The quantitative estimate of drug-likeness (QED) is 0.479. The van der Waals surface area contributed by atoms with Crippen LogP contribution in [-0.2, 0) is 24.1 Å². The zero-order chi connectivity index (χ0) is 20.5. The minimum atomic E-state index is 0.158. The number of benzene rings is 2. The maximum absolute atomic E-state index is 12.8. The average Bonchev–Trinajstić information content (AvgIpc) is 2.90. The van der Waals surface area contributed by atoms with Crippen LogP contribution in [0, 0.1) is 5.92 Å². The third-order valence-corrected chi connectivity index (χ3v) is 5.86. The molecule has 0 saturated carbocycles. The number of nitrogens with one attached hydrogen (secondary N) is 1. The second kappa shape index (κ2) is 11.0. The number of hydrogen-bond donors (Lipinski definition) is 1. The Morgan fingerprint density at radius 3 is 2.38 bits per heavy atom. The third kappa shape index (κ3) is 6.07. The van der Waals surface area contributed by atoms with Crippen molar-refractivity contribution in [3.05, 3.63) is 59.2 Å².